The number of allylic oxidation sites excluding steroid dienone is 5. The molecule has 2 aliphatic rings. The van der Waals surface area contributed by atoms with Gasteiger partial charge in [-0.1, -0.05) is 65.9 Å². The van der Waals surface area contributed by atoms with Gasteiger partial charge in [-0.3, -0.25) is 9.69 Å². The molecule has 0 unspecified atom stereocenters. The largest absolute Gasteiger partial charge is 0.289 e. The number of amides is 1. The van der Waals surface area contributed by atoms with Crippen LogP contribution >= 0.6 is 35.6 Å². The molecule has 1 aliphatic heterocycles. The topological polar surface area (TPSA) is 20.3 Å². The van der Waals surface area contributed by atoms with Crippen LogP contribution in [0.5, 0.6) is 0 Å². The van der Waals surface area contributed by atoms with E-state index in [4.69, 9.17) is 23.8 Å². The van der Waals surface area contributed by atoms with Crippen molar-refractivity contribution in [1.29, 1.82) is 0 Å². The van der Waals surface area contributed by atoms with Crippen LogP contribution in [-0.4, -0.2) is 21.7 Å². The normalized spacial score (nSPS) is 19.3. The Balaban J connectivity index is 1.73. The molecule has 1 amide bonds. The molecule has 23 heavy (non-hydrogen) atoms. The fourth-order valence-corrected chi connectivity index (χ4v) is 3.97. The lowest BCUT2D eigenvalue weighted by molar-refractivity contribution is -0.121. The van der Waals surface area contributed by atoms with Crippen LogP contribution in [0.2, 0.25) is 5.02 Å². The molecule has 1 fully saturated rings. The number of nitrogens with zero attached hydrogens (tertiary/aromatic N) is 1. The first-order chi connectivity index (χ1) is 11.1. The number of halogens is 1. The van der Waals surface area contributed by atoms with E-state index in [9.17, 15) is 4.79 Å². The van der Waals surface area contributed by atoms with E-state index in [-0.39, 0.29) is 5.91 Å². The van der Waals surface area contributed by atoms with Gasteiger partial charge in [0.1, 0.15) is 4.32 Å². The van der Waals surface area contributed by atoms with Crippen molar-refractivity contribution in [2.24, 2.45) is 0 Å². The quantitative estimate of drug-likeness (QED) is 0.429. The second kappa shape index (κ2) is 6.87. The van der Waals surface area contributed by atoms with E-state index in [1.807, 2.05) is 36.4 Å². The van der Waals surface area contributed by atoms with Crippen LogP contribution < -0.4 is 0 Å². The zero-order valence-electron chi connectivity index (χ0n) is 12.3. The summed E-state index contributed by atoms with van der Waals surface area (Å²) in [7, 11) is 0. The van der Waals surface area contributed by atoms with Gasteiger partial charge in [0.25, 0.3) is 5.91 Å². The molecule has 0 saturated carbocycles. The van der Waals surface area contributed by atoms with E-state index in [0.29, 0.717) is 15.8 Å². The average molecular weight is 360 g/mol. The minimum absolute atomic E-state index is 0.0444. The number of thioether (sulfide) groups is 1. The van der Waals surface area contributed by atoms with Gasteiger partial charge in [0.15, 0.2) is 0 Å². The lowest BCUT2D eigenvalue weighted by atomic mass is 10.0. The van der Waals surface area contributed by atoms with E-state index >= 15 is 0 Å². The van der Waals surface area contributed by atoms with E-state index in [1.165, 1.54) is 17.3 Å². The zero-order chi connectivity index (χ0) is 16.4. The fourth-order valence-electron chi connectivity index (χ4n) is 2.49. The summed E-state index contributed by atoms with van der Waals surface area (Å²) in [5.41, 5.74) is 3.40. The summed E-state index contributed by atoms with van der Waals surface area (Å²) >= 11 is 12.6. The number of carbonyl (C=O) groups is 1. The molecule has 1 aliphatic carbocycles. The molecule has 1 aromatic rings. The third kappa shape index (κ3) is 3.50. The number of rotatable bonds is 4. The summed E-state index contributed by atoms with van der Waals surface area (Å²) in [6.07, 6.45) is 8.50. The molecule has 1 heterocycles. The Bertz CT molecular complexity index is 792. The van der Waals surface area contributed by atoms with Gasteiger partial charge in [0.2, 0.25) is 0 Å². The highest BCUT2D eigenvalue weighted by atomic mass is 35.5. The molecule has 0 atom stereocenters. The highest BCUT2D eigenvalue weighted by molar-refractivity contribution is 8.26. The third-order valence-electron chi connectivity index (χ3n) is 3.59. The summed E-state index contributed by atoms with van der Waals surface area (Å²) in [6, 6.07) is 7.79. The summed E-state index contributed by atoms with van der Waals surface area (Å²) < 4.78 is 0.586. The zero-order valence-corrected chi connectivity index (χ0v) is 14.7. The molecule has 1 saturated heterocycles. The Morgan fingerprint density at radius 1 is 1.39 bits per heavy atom. The van der Waals surface area contributed by atoms with Crippen LogP contribution in [0.15, 0.2) is 65.6 Å². The number of hydrogen-bond acceptors (Lipinski definition) is 3. The van der Waals surface area contributed by atoms with Crippen molar-refractivity contribution in [2.45, 2.75) is 6.42 Å². The smallest absolute Gasteiger partial charge is 0.266 e. The van der Waals surface area contributed by atoms with Gasteiger partial charge >= 0.3 is 0 Å². The van der Waals surface area contributed by atoms with Crippen LogP contribution in [-0.2, 0) is 4.79 Å². The third-order valence-corrected chi connectivity index (χ3v) is 5.20. The molecule has 3 rings (SSSR count). The predicted molar refractivity (Wildman–Crippen MR) is 102 cm³/mol. The highest BCUT2D eigenvalue weighted by Crippen LogP contribution is 2.35. The molecule has 5 heteroatoms. The van der Waals surface area contributed by atoms with Crippen molar-refractivity contribution in [3.05, 3.63) is 76.2 Å². The van der Waals surface area contributed by atoms with E-state index < -0.39 is 0 Å². The van der Waals surface area contributed by atoms with E-state index in [1.54, 1.807) is 11.0 Å². The van der Waals surface area contributed by atoms with Crippen molar-refractivity contribution in [3.63, 3.8) is 0 Å². The van der Waals surface area contributed by atoms with Gasteiger partial charge in [-0.2, -0.15) is 0 Å². The maximum atomic E-state index is 12.3. The predicted octanol–water partition coefficient (Wildman–Crippen LogP) is 4.98. The van der Waals surface area contributed by atoms with Crippen molar-refractivity contribution in [2.75, 3.05) is 6.54 Å². The molecule has 0 aromatic heterocycles. The summed E-state index contributed by atoms with van der Waals surface area (Å²) in [5.74, 6) is -0.0444. The monoisotopic (exact) mass is 359 g/mol. The Kier molecular flexibility index (Phi) is 4.85. The molecule has 116 valence electrons. The standard InChI is InChI=1S/C18H14ClNOS2/c1-2-8-20-17(21)16(23-18(20)22)10-12-6-7-14(9-12)13-4-3-5-15(19)11-13/h2-7,10-11H,1,8-9H2/b16-10-. The number of carbonyl (C=O) groups excluding carboxylic acids is 1. The van der Waals surface area contributed by atoms with Crippen LogP contribution in [0, 0.1) is 0 Å². The summed E-state index contributed by atoms with van der Waals surface area (Å²) in [5, 5.41) is 0.724. The highest BCUT2D eigenvalue weighted by Gasteiger charge is 2.31. The molecular formula is C18H14ClNOS2. The van der Waals surface area contributed by atoms with Gasteiger partial charge in [-0.25, -0.2) is 0 Å². The molecule has 0 bridgehead atoms. The second-order valence-electron chi connectivity index (χ2n) is 5.20. The number of benzene rings is 1. The van der Waals surface area contributed by atoms with Crippen molar-refractivity contribution < 1.29 is 4.79 Å². The molecule has 1 aromatic carbocycles. The Labute approximate surface area is 150 Å². The fraction of sp³-hybridized carbons (Fsp3) is 0.111. The number of thiocarbonyl (C=S) groups is 1. The van der Waals surface area contributed by atoms with Gasteiger partial charge < -0.3 is 0 Å². The van der Waals surface area contributed by atoms with Crippen molar-refractivity contribution in [3.8, 4) is 0 Å². The first kappa shape index (κ1) is 16.2. The van der Waals surface area contributed by atoms with Crippen LogP contribution in [0.3, 0.4) is 0 Å². The molecule has 2 nitrogen and oxygen atoms in total. The Morgan fingerprint density at radius 2 is 2.22 bits per heavy atom. The average Bonchev–Trinajstić information content (AvgIpc) is 3.09. The van der Waals surface area contributed by atoms with E-state index in [2.05, 4.69) is 12.7 Å². The van der Waals surface area contributed by atoms with Crippen LogP contribution in [0.4, 0.5) is 0 Å². The molecule has 0 spiro atoms. The van der Waals surface area contributed by atoms with Crippen molar-refractivity contribution in [1.82, 2.24) is 4.90 Å². The molecule has 0 N–H and O–H groups in total. The van der Waals surface area contributed by atoms with E-state index in [0.717, 1.165) is 22.6 Å². The first-order valence-corrected chi connectivity index (χ1v) is 8.70. The Hall–Kier alpha value is -1.62. The molecular weight excluding hydrogens is 346 g/mol. The summed E-state index contributed by atoms with van der Waals surface area (Å²) in [4.78, 5) is 14.6. The van der Waals surface area contributed by atoms with Crippen LogP contribution in [0.25, 0.3) is 5.57 Å². The molecule has 0 radical (unpaired) electrons. The van der Waals surface area contributed by atoms with Gasteiger partial charge in [0.05, 0.1) is 4.91 Å². The lowest BCUT2D eigenvalue weighted by Crippen LogP contribution is -2.27. The maximum Gasteiger partial charge on any atom is 0.266 e. The lowest BCUT2D eigenvalue weighted by Gasteiger charge is -2.10. The van der Waals surface area contributed by atoms with Gasteiger partial charge in [-0.15, -0.1) is 6.58 Å². The minimum Gasteiger partial charge on any atom is -0.289 e. The first-order valence-electron chi connectivity index (χ1n) is 7.10. The second-order valence-corrected chi connectivity index (χ2v) is 7.31. The SMILES string of the molecule is C=CCN1C(=O)/C(=C/C2=CC=C(c3cccc(Cl)c3)C2)SC1=S. The summed E-state index contributed by atoms with van der Waals surface area (Å²) in [6.45, 7) is 4.11. The Morgan fingerprint density at radius 3 is 2.96 bits per heavy atom. The van der Waals surface area contributed by atoms with Crippen molar-refractivity contribution >= 4 is 51.4 Å². The maximum absolute atomic E-state index is 12.3. The van der Waals surface area contributed by atoms with Gasteiger partial charge in [0, 0.05) is 11.6 Å². The number of hydrogen-bond donors (Lipinski definition) is 0. The van der Waals surface area contributed by atoms with Crippen LogP contribution in [0.1, 0.15) is 12.0 Å². The minimum atomic E-state index is -0.0444. The van der Waals surface area contributed by atoms with Gasteiger partial charge in [-0.05, 0) is 41.3 Å².